The molecule has 0 fully saturated rings. The maximum atomic E-state index is 10.5. The van der Waals surface area contributed by atoms with Crippen molar-refractivity contribution in [3.8, 4) is 0 Å². The molecule has 1 amide bonds. The van der Waals surface area contributed by atoms with Crippen molar-refractivity contribution in [2.45, 2.75) is 0 Å². The summed E-state index contributed by atoms with van der Waals surface area (Å²) >= 11 is 6.00. The molecule has 0 heterocycles. The molecule has 0 atom stereocenters. The molecule has 0 bridgehead atoms. The molecule has 0 saturated heterocycles. The maximum absolute atomic E-state index is 10.5. The summed E-state index contributed by atoms with van der Waals surface area (Å²) in [7, 11) is 1.25. The molecule has 0 saturated carbocycles. The van der Waals surface area contributed by atoms with Crippen molar-refractivity contribution in [2.24, 2.45) is 5.73 Å². The summed E-state index contributed by atoms with van der Waals surface area (Å²) in [6.45, 7) is 0. The first-order valence-electron chi connectivity index (χ1n) is 3.39. The molecule has 1 aromatic rings. The standard InChI is InChI=1S/C7H6N2O3.2BrH.Ni/c8-7(10)5-1-3-6(4-2-5)9(11)12;;;/h1-4H,(H2,8,10);2*1H;/q;;;+2/p-2. The SMILES string of the molecule is NC(=O)c1ccc([N+](=O)[O-])cc1.[Br][Ni][Br]. The van der Waals surface area contributed by atoms with Gasteiger partial charge >= 0.3 is 39.3 Å². The average Bonchev–Trinajstić information content (AvgIpc) is 2.19. The van der Waals surface area contributed by atoms with Gasteiger partial charge in [0.1, 0.15) is 0 Å². The van der Waals surface area contributed by atoms with Gasteiger partial charge in [0.05, 0.1) is 4.92 Å². The number of nitro benzene ring substituents is 1. The number of rotatable bonds is 2. The Morgan fingerprint density at radius 2 is 1.73 bits per heavy atom. The van der Waals surface area contributed by atoms with E-state index in [1.807, 2.05) is 0 Å². The Morgan fingerprint density at radius 1 is 1.33 bits per heavy atom. The number of primary amides is 1. The Kier molecular flexibility index (Phi) is 7.55. The van der Waals surface area contributed by atoms with Gasteiger partial charge in [-0.3, -0.25) is 14.9 Å². The summed E-state index contributed by atoms with van der Waals surface area (Å²) in [5.74, 6) is -0.593. The predicted octanol–water partition coefficient (Wildman–Crippen LogP) is 2.38. The number of nitrogens with two attached hydrogens (primary N) is 1. The number of halogens is 2. The molecule has 5 nitrogen and oxygen atoms in total. The van der Waals surface area contributed by atoms with Crippen molar-refractivity contribution in [2.75, 3.05) is 0 Å². The molecule has 8 heteroatoms. The summed E-state index contributed by atoms with van der Waals surface area (Å²) in [5, 5.41) is 10.2. The molecule has 1 rings (SSSR count). The second-order valence-corrected chi connectivity index (χ2v) is 7.20. The fourth-order valence-corrected chi connectivity index (χ4v) is 0.747. The minimum absolute atomic E-state index is 0.0556. The number of hydrogen-bond donors (Lipinski definition) is 1. The molecular weight excluding hydrogens is 379 g/mol. The first kappa shape index (κ1) is 14.5. The van der Waals surface area contributed by atoms with Crippen molar-refractivity contribution in [1.29, 1.82) is 0 Å². The molecule has 1 aromatic carbocycles. The van der Waals surface area contributed by atoms with E-state index in [0.717, 1.165) is 0 Å². The number of amides is 1. The normalized spacial score (nSPS) is 8.93. The topological polar surface area (TPSA) is 86.2 Å². The van der Waals surface area contributed by atoms with E-state index in [4.69, 9.17) is 5.73 Å². The van der Waals surface area contributed by atoms with Gasteiger partial charge in [-0.25, -0.2) is 0 Å². The van der Waals surface area contributed by atoms with E-state index in [1.165, 1.54) is 35.2 Å². The van der Waals surface area contributed by atoms with Gasteiger partial charge in [0.15, 0.2) is 0 Å². The van der Waals surface area contributed by atoms with Crippen LogP contribution in [0.4, 0.5) is 5.69 Å². The van der Waals surface area contributed by atoms with Gasteiger partial charge in [0.2, 0.25) is 5.91 Å². The summed E-state index contributed by atoms with van der Waals surface area (Å²) in [5.41, 5.74) is 5.14. The molecule has 0 aliphatic heterocycles. The van der Waals surface area contributed by atoms with Crippen molar-refractivity contribution in [1.82, 2.24) is 0 Å². The van der Waals surface area contributed by atoms with Crippen LogP contribution < -0.4 is 5.73 Å². The molecule has 2 N–H and O–H groups in total. The fraction of sp³-hybridized carbons (Fsp3) is 0. The van der Waals surface area contributed by atoms with Gasteiger partial charge in [-0.05, 0) is 12.1 Å². The van der Waals surface area contributed by atoms with Crippen LogP contribution in [0, 0.1) is 10.1 Å². The Bertz CT molecular complexity index is 312. The van der Waals surface area contributed by atoms with E-state index in [2.05, 4.69) is 28.5 Å². The van der Waals surface area contributed by atoms with E-state index in [0.29, 0.717) is 0 Å². The first-order valence-corrected chi connectivity index (χ1v) is 8.27. The van der Waals surface area contributed by atoms with E-state index < -0.39 is 10.8 Å². The second-order valence-electron chi connectivity index (χ2n) is 2.21. The first-order chi connectivity index (χ1) is 7.02. The van der Waals surface area contributed by atoms with Crippen molar-refractivity contribution >= 4 is 40.0 Å². The summed E-state index contributed by atoms with van der Waals surface area (Å²) in [4.78, 5) is 20.2. The number of carbonyl (C=O) groups is 1. The third kappa shape index (κ3) is 5.86. The third-order valence-corrected chi connectivity index (χ3v) is 1.36. The van der Waals surface area contributed by atoms with E-state index >= 15 is 0 Å². The van der Waals surface area contributed by atoms with Gasteiger partial charge in [0, 0.05) is 17.7 Å². The molecule has 0 aromatic heterocycles. The van der Waals surface area contributed by atoms with Crippen molar-refractivity contribution in [3.63, 3.8) is 0 Å². The van der Waals surface area contributed by atoms with E-state index in [1.54, 1.807) is 0 Å². The molecule has 0 unspecified atom stereocenters. The van der Waals surface area contributed by atoms with E-state index in [9.17, 15) is 14.9 Å². The molecule has 15 heavy (non-hydrogen) atoms. The Morgan fingerprint density at radius 3 is 2.00 bits per heavy atom. The van der Waals surface area contributed by atoms with E-state index in [-0.39, 0.29) is 11.3 Å². The zero-order valence-corrected chi connectivity index (χ0v) is 11.3. The summed E-state index contributed by atoms with van der Waals surface area (Å²) in [6.07, 6.45) is 0. The van der Waals surface area contributed by atoms with Crippen LogP contribution in [0.1, 0.15) is 10.4 Å². The number of carbonyl (C=O) groups excluding carboxylic acids is 1. The Balaban J connectivity index is 0.000000583. The van der Waals surface area contributed by atoms with Gasteiger partial charge in [-0.1, -0.05) is 0 Å². The van der Waals surface area contributed by atoms with Crippen molar-refractivity contribution in [3.05, 3.63) is 39.9 Å². The zero-order chi connectivity index (χ0) is 11.8. The number of nitrogens with zero attached hydrogens (tertiary/aromatic N) is 1. The zero-order valence-electron chi connectivity index (χ0n) is 7.13. The van der Waals surface area contributed by atoms with Crippen LogP contribution in [0.15, 0.2) is 24.3 Å². The third-order valence-electron chi connectivity index (χ3n) is 1.36. The van der Waals surface area contributed by atoms with Crippen LogP contribution in [0.2, 0.25) is 0 Å². The molecule has 0 aliphatic carbocycles. The van der Waals surface area contributed by atoms with Gasteiger partial charge in [-0.15, -0.1) is 0 Å². The number of hydrogen-bond acceptors (Lipinski definition) is 3. The summed E-state index contributed by atoms with van der Waals surface area (Å²) < 4.78 is 0. The molecule has 86 valence electrons. The molecule has 0 radical (unpaired) electrons. The van der Waals surface area contributed by atoms with Crippen LogP contribution in [-0.2, 0) is 10.9 Å². The predicted molar refractivity (Wildman–Crippen MR) is 59.5 cm³/mol. The van der Waals surface area contributed by atoms with Crippen LogP contribution in [0.25, 0.3) is 0 Å². The molecule has 0 spiro atoms. The fourth-order valence-electron chi connectivity index (χ4n) is 0.747. The number of benzene rings is 1. The Labute approximate surface area is 106 Å². The molecular formula is C7H6Br2N2NiO3. The quantitative estimate of drug-likeness (QED) is 0.482. The monoisotopic (exact) mass is 382 g/mol. The summed E-state index contributed by atoms with van der Waals surface area (Å²) in [6, 6.07) is 5.11. The Hall–Kier alpha value is -0.456. The number of nitro groups is 1. The van der Waals surface area contributed by atoms with Crippen LogP contribution >= 0.6 is 28.5 Å². The van der Waals surface area contributed by atoms with Crippen LogP contribution in [0.5, 0.6) is 0 Å². The van der Waals surface area contributed by atoms with Gasteiger partial charge in [0.25, 0.3) is 5.69 Å². The second kappa shape index (κ2) is 7.79. The average molecular weight is 385 g/mol. The van der Waals surface area contributed by atoms with Gasteiger partial charge < -0.3 is 5.73 Å². The van der Waals surface area contributed by atoms with Crippen molar-refractivity contribution < 1.29 is 20.6 Å². The van der Waals surface area contributed by atoms with Crippen LogP contribution in [-0.4, -0.2) is 10.8 Å². The number of non-ortho nitro benzene ring substituents is 1. The van der Waals surface area contributed by atoms with Gasteiger partial charge in [-0.2, -0.15) is 0 Å². The molecule has 0 aliphatic rings. The minimum atomic E-state index is -0.593. The van der Waals surface area contributed by atoms with Crippen LogP contribution in [0.3, 0.4) is 0 Å².